The molecule has 3 rings (SSSR count). The first-order valence-electron chi connectivity index (χ1n) is 7.35. The summed E-state index contributed by atoms with van der Waals surface area (Å²) in [6.45, 7) is 1.93. The van der Waals surface area contributed by atoms with Gasteiger partial charge < -0.3 is 5.32 Å². The standard InChI is InChI=1S/C18H14BrNO3S2/c1-12-11-13(7-8-15(12)19)20-18(21)16-9-10-17(24-16)25(22,23)14-5-3-2-4-6-14/h2-11H,1H3,(H,20,21). The Morgan fingerprint density at radius 1 is 1.04 bits per heavy atom. The molecule has 0 saturated heterocycles. The van der Waals surface area contributed by atoms with Crippen LogP contribution in [0.25, 0.3) is 0 Å². The number of carbonyl (C=O) groups is 1. The smallest absolute Gasteiger partial charge is 0.265 e. The quantitative estimate of drug-likeness (QED) is 0.633. The van der Waals surface area contributed by atoms with E-state index in [-0.39, 0.29) is 15.0 Å². The lowest BCUT2D eigenvalue weighted by Crippen LogP contribution is -2.10. The molecule has 1 aromatic heterocycles. The predicted octanol–water partition coefficient (Wildman–Crippen LogP) is 4.90. The molecular formula is C18H14BrNO3S2. The zero-order valence-corrected chi connectivity index (χ0v) is 16.4. The van der Waals surface area contributed by atoms with Gasteiger partial charge in [0.15, 0.2) is 0 Å². The second-order valence-electron chi connectivity index (χ2n) is 5.35. The maximum atomic E-state index is 12.6. The van der Waals surface area contributed by atoms with Crippen molar-refractivity contribution in [3.05, 3.63) is 75.6 Å². The molecule has 1 heterocycles. The number of sulfone groups is 1. The lowest BCUT2D eigenvalue weighted by molar-refractivity contribution is 0.103. The van der Waals surface area contributed by atoms with Gasteiger partial charge in [0.05, 0.1) is 9.77 Å². The van der Waals surface area contributed by atoms with Crippen LogP contribution >= 0.6 is 27.3 Å². The van der Waals surface area contributed by atoms with Crippen LogP contribution in [-0.2, 0) is 9.84 Å². The molecule has 2 aromatic carbocycles. The molecule has 0 atom stereocenters. The molecule has 0 aliphatic rings. The molecule has 7 heteroatoms. The third-order valence-electron chi connectivity index (χ3n) is 3.54. The molecule has 0 aliphatic heterocycles. The topological polar surface area (TPSA) is 63.2 Å². The van der Waals surface area contributed by atoms with Crippen molar-refractivity contribution in [1.82, 2.24) is 0 Å². The van der Waals surface area contributed by atoms with Gasteiger partial charge in [-0.1, -0.05) is 34.1 Å². The Kier molecular flexibility index (Phi) is 5.08. The largest absolute Gasteiger partial charge is 0.321 e. The number of halogens is 1. The van der Waals surface area contributed by atoms with E-state index in [4.69, 9.17) is 0 Å². The summed E-state index contributed by atoms with van der Waals surface area (Å²) in [5.74, 6) is -0.332. The number of thiophene rings is 1. The maximum absolute atomic E-state index is 12.6. The van der Waals surface area contributed by atoms with Gasteiger partial charge in [-0.05, 0) is 55.0 Å². The maximum Gasteiger partial charge on any atom is 0.265 e. The van der Waals surface area contributed by atoms with E-state index in [0.29, 0.717) is 10.6 Å². The molecule has 0 bridgehead atoms. The highest BCUT2D eigenvalue weighted by Crippen LogP contribution is 2.28. The first kappa shape index (κ1) is 17.8. The van der Waals surface area contributed by atoms with Crippen molar-refractivity contribution in [3.63, 3.8) is 0 Å². The first-order chi connectivity index (χ1) is 11.9. The van der Waals surface area contributed by atoms with Gasteiger partial charge in [-0.2, -0.15) is 0 Å². The monoisotopic (exact) mass is 435 g/mol. The molecule has 3 aromatic rings. The summed E-state index contributed by atoms with van der Waals surface area (Å²) in [5.41, 5.74) is 1.66. The zero-order valence-electron chi connectivity index (χ0n) is 13.2. The summed E-state index contributed by atoms with van der Waals surface area (Å²) in [6, 6.07) is 16.7. The lowest BCUT2D eigenvalue weighted by atomic mass is 10.2. The number of hydrogen-bond acceptors (Lipinski definition) is 4. The summed E-state index contributed by atoms with van der Waals surface area (Å²) in [6.07, 6.45) is 0. The van der Waals surface area contributed by atoms with Crippen LogP contribution in [0.15, 0.2) is 74.2 Å². The Balaban J connectivity index is 1.83. The highest BCUT2D eigenvalue weighted by atomic mass is 79.9. The number of nitrogens with one attached hydrogen (secondary N) is 1. The van der Waals surface area contributed by atoms with E-state index in [2.05, 4.69) is 21.2 Å². The van der Waals surface area contributed by atoms with Crippen molar-refractivity contribution in [2.45, 2.75) is 16.0 Å². The summed E-state index contributed by atoms with van der Waals surface area (Å²) >= 11 is 4.37. The molecule has 4 nitrogen and oxygen atoms in total. The van der Waals surface area contributed by atoms with Crippen molar-refractivity contribution in [3.8, 4) is 0 Å². The Morgan fingerprint density at radius 2 is 1.76 bits per heavy atom. The number of carbonyl (C=O) groups excluding carboxylic acids is 1. The number of rotatable bonds is 4. The molecule has 0 unspecified atom stereocenters. The van der Waals surface area contributed by atoms with Gasteiger partial charge in [-0.25, -0.2) is 8.42 Å². The molecule has 0 aliphatic carbocycles. The van der Waals surface area contributed by atoms with Crippen molar-refractivity contribution < 1.29 is 13.2 Å². The highest BCUT2D eigenvalue weighted by Gasteiger charge is 2.21. The molecule has 128 valence electrons. The van der Waals surface area contributed by atoms with Crippen LogP contribution in [0.5, 0.6) is 0 Å². The normalized spacial score (nSPS) is 11.3. The van der Waals surface area contributed by atoms with E-state index in [1.165, 1.54) is 12.1 Å². The average molecular weight is 436 g/mol. The van der Waals surface area contributed by atoms with Crippen LogP contribution < -0.4 is 5.32 Å². The summed E-state index contributed by atoms with van der Waals surface area (Å²) < 4.78 is 26.3. The molecule has 0 spiro atoms. The van der Waals surface area contributed by atoms with Crippen LogP contribution in [0.1, 0.15) is 15.2 Å². The van der Waals surface area contributed by atoms with Crippen molar-refractivity contribution in [1.29, 1.82) is 0 Å². The number of anilines is 1. The number of aryl methyl sites for hydroxylation is 1. The van der Waals surface area contributed by atoms with Gasteiger partial charge in [0, 0.05) is 10.2 Å². The van der Waals surface area contributed by atoms with Gasteiger partial charge in [-0.3, -0.25) is 4.79 Å². The van der Waals surface area contributed by atoms with Crippen molar-refractivity contribution >= 4 is 48.7 Å². The van der Waals surface area contributed by atoms with E-state index in [9.17, 15) is 13.2 Å². The number of amides is 1. The fourth-order valence-electron chi connectivity index (χ4n) is 2.22. The molecule has 1 amide bonds. The molecular weight excluding hydrogens is 422 g/mol. The minimum Gasteiger partial charge on any atom is -0.321 e. The molecule has 25 heavy (non-hydrogen) atoms. The second-order valence-corrected chi connectivity index (χ2v) is 9.47. The lowest BCUT2D eigenvalue weighted by Gasteiger charge is -2.06. The van der Waals surface area contributed by atoms with Crippen molar-refractivity contribution in [2.75, 3.05) is 5.32 Å². The number of benzene rings is 2. The van der Waals surface area contributed by atoms with E-state index in [1.54, 1.807) is 36.4 Å². The van der Waals surface area contributed by atoms with Gasteiger partial charge in [-0.15, -0.1) is 11.3 Å². The van der Waals surface area contributed by atoms with Crippen LogP contribution in [0.2, 0.25) is 0 Å². The van der Waals surface area contributed by atoms with E-state index in [1.807, 2.05) is 19.1 Å². The summed E-state index contributed by atoms with van der Waals surface area (Å²) in [7, 11) is -3.60. The number of hydrogen-bond donors (Lipinski definition) is 1. The molecule has 1 N–H and O–H groups in total. The van der Waals surface area contributed by atoms with Crippen molar-refractivity contribution in [2.24, 2.45) is 0 Å². The second kappa shape index (κ2) is 7.11. The Bertz CT molecular complexity index is 1030. The van der Waals surface area contributed by atoms with E-state index >= 15 is 0 Å². The van der Waals surface area contributed by atoms with Gasteiger partial charge in [0.1, 0.15) is 4.21 Å². The van der Waals surface area contributed by atoms with Gasteiger partial charge in [0.25, 0.3) is 5.91 Å². The van der Waals surface area contributed by atoms with Gasteiger partial charge >= 0.3 is 0 Å². The van der Waals surface area contributed by atoms with Crippen LogP contribution in [0.4, 0.5) is 5.69 Å². The zero-order chi connectivity index (χ0) is 18.0. The predicted molar refractivity (Wildman–Crippen MR) is 103 cm³/mol. The average Bonchev–Trinajstić information content (AvgIpc) is 3.10. The highest BCUT2D eigenvalue weighted by molar-refractivity contribution is 9.10. The fourth-order valence-corrected chi connectivity index (χ4v) is 5.09. The first-order valence-corrected chi connectivity index (χ1v) is 10.4. The third kappa shape index (κ3) is 3.84. The minimum atomic E-state index is -3.60. The summed E-state index contributed by atoms with van der Waals surface area (Å²) in [5, 5.41) is 2.79. The molecule has 0 saturated carbocycles. The molecule has 0 radical (unpaired) electrons. The third-order valence-corrected chi connectivity index (χ3v) is 7.77. The molecule has 0 fully saturated rings. The van der Waals surface area contributed by atoms with Gasteiger partial charge in [0.2, 0.25) is 9.84 Å². The summed E-state index contributed by atoms with van der Waals surface area (Å²) in [4.78, 5) is 12.9. The van der Waals surface area contributed by atoms with E-state index in [0.717, 1.165) is 21.4 Å². The Labute approximate surface area is 158 Å². The fraction of sp³-hybridized carbons (Fsp3) is 0.0556. The van der Waals surface area contributed by atoms with Crippen LogP contribution in [-0.4, -0.2) is 14.3 Å². The van der Waals surface area contributed by atoms with Crippen LogP contribution in [0, 0.1) is 6.92 Å². The SMILES string of the molecule is Cc1cc(NC(=O)c2ccc(S(=O)(=O)c3ccccc3)s2)ccc1Br. The minimum absolute atomic E-state index is 0.149. The van der Waals surface area contributed by atoms with Crippen LogP contribution in [0.3, 0.4) is 0 Å². The van der Waals surface area contributed by atoms with E-state index < -0.39 is 9.84 Å². The Hall–Kier alpha value is -1.96. The Morgan fingerprint density at radius 3 is 2.44 bits per heavy atom.